The first-order valence-corrected chi connectivity index (χ1v) is 5.11. The van der Waals surface area contributed by atoms with Gasteiger partial charge in [-0.3, -0.25) is 4.98 Å². The van der Waals surface area contributed by atoms with Crippen molar-refractivity contribution in [3.63, 3.8) is 0 Å². The number of anilines is 1. The standard InChI is InChI=1S/C11H11N3O3/c12-5-8-1-3-13-6-9(8)14-11(10(15)16)2-4-17-7-11/h1,3,6,14H,2,4,7H2,(H,15,16). The van der Waals surface area contributed by atoms with Gasteiger partial charge in [0.1, 0.15) is 6.07 Å². The molecule has 6 heteroatoms. The molecule has 88 valence electrons. The molecule has 1 aliphatic heterocycles. The van der Waals surface area contributed by atoms with E-state index in [-0.39, 0.29) is 6.61 Å². The molecule has 0 aromatic carbocycles. The van der Waals surface area contributed by atoms with Crippen LogP contribution in [0.2, 0.25) is 0 Å². The van der Waals surface area contributed by atoms with Crippen LogP contribution in [-0.4, -0.2) is 34.8 Å². The molecular weight excluding hydrogens is 222 g/mol. The van der Waals surface area contributed by atoms with Gasteiger partial charge < -0.3 is 15.2 Å². The van der Waals surface area contributed by atoms with Crippen LogP contribution in [0.5, 0.6) is 0 Å². The van der Waals surface area contributed by atoms with Crippen molar-refractivity contribution in [1.82, 2.24) is 4.98 Å². The maximum absolute atomic E-state index is 11.3. The highest BCUT2D eigenvalue weighted by atomic mass is 16.5. The van der Waals surface area contributed by atoms with Crippen molar-refractivity contribution in [2.24, 2.45) is 0 Å². The Bertz CT molecular complexity index is 475. The second-order valence-electron chi connectivity index (χ2n) is 3.85. The number of nitriles is 1. The number of hydrogen-bond acceptors (Lipinski definition) is 5. The molecule has 1 aliphatic rings. The maximum Gasteiger partial charge on any atom is 0.331 e. The lowest BCUT2D eigenvalue weighted by atomic mass is 9.98. The normalized spacial score (nSPS) is 23.0. The second-order valence-corrected chi connectivity index (χ2v) is 3.85. The molecule has 0 aliphatic carbocycles. The minimum Gasteiger partial charge on any atom is -0.479 e. The van der Waals surface area contributed by atoms with Gasteiger partial charge in [0.2, 0.25) is 0 Å². The van der Waals surface area contributed by atoms with Gasteiger partial charge in [-0.2, -0.15) is 5.26 Å². The number of carboxylic acid groups (broad SMARTS) is 1. The van der Waals surface area contributed by atoms with Gasteiger partial charge in [0.25, 0.3) is 0 Å². The second kappa shape index (κ2) is 4.39. The van der Waals surface area contributed by atoms with Crippen molar-refractivity contribution < 1.29 is 14.6 Å². The zero-order valence-electron chi connectivity index (χ0n) is 9.01. The van der Waals surface area contributed by atoms with E-state index in [9.17, 15) is 9.90 Å². The summed E-state index contributed by atoms with van der Waals surface area (Å²) in [6.45, 7) is 0.476. The molecule has 17 heavy (non-hydrogen) atoms. The highest BCUT2D eigenvalue weighted by Gasteiger charge is 2.43. The maximum atomic E-state index is 11.3. The molecule has 0 saturated carbocycles. The number of nitrogens with zero attached hydrogens (tertiary/aromatic N) is 2. The summed E-state index contributed by atoms with van der Waals surface area (Å²) in [5, 5.41) is 21.0. The summed E-state index contributed by atoms with van der Waals surface area (Å²) in [7, 11) is 0. The monoisotopic (exact) mass is 233 g/mol. The smallest absolute Gasteiger partial charge is 0.331 e. The number of carbonyl (C=O) groups is 1. The Labute approximate surface area is 97.8 Å². The number of ether oxygens (including phenoxy) is 1. The molecule has 0 radical (unpaired) electrons. The van der Waals surface area contributed by atoms with E-state index < -0.39 is 11.5 Å². The Kier molecular flexibility index (Phi) is 2.93. The topological polar surface area (TPSA) is 95.2 Å². The lowest BCUT2D eigenvalue weighted by Crippen LogP contribution is -2.47. The summed E-state index contributed by atoms with van der Waals surface area (Å²) in [5.41, 5.74) is -0.371. The van der Waals surface area contributed by atoms with Crippen LogP contribution in [0, 0.1) is 11.3 Å². The van der Waals surface area contributed by atoms with E-state index in [0.717, 1.165) is 0 Å². The molecule has 0 spiro atoms. The minimum absolute atomic E-state index is 0.0854. The van der Waals surface area contributed by atoms with Gasteiger partial charge in [-0.15, -0.1) is 0 Å². The molecule has 2 heterocycles. The number of aliphatic carboxylic acids is 1. The van der Waals surface area contributed by atoms with Crippen LogP contribution in [0.15, 0.2) is 18.5 Å². The van der Waals surface area contributed by atoms with Gasteiger partial charge in [0.05, 0.1) is 24.1 Å². The number of carboxylic acids is 1. The molecule has 6 nitrogen and oxygen atoms in total. The van der Waals surface area contributed by atoms with E-state index in [4.69, 9.17) is 10.00 Å². The van der Waals surface area contributed by atoms with E-state index in [2.05, 4.69) is 10.3 Å². The van der Waals surface area contributed by atoms with E-state index in [1.54, 1.807) is 0 Å². The average molecular weight is 233 g/mol. The van der Waals surface area contributed by atoms with Crippen molar-refractivity contribution in [2.75, 3.05) is 18.5 Å². The number of rotatable bonds is 3. The lowest BCUT2D eigenvalue weighted by molar-refractivity contribution is -0.142. The van der Waals surface area contributed by atoms with E-state index in [1.165, 1.54) is 18.5 Å². The van der Waals surface area contributed by atoms with Crippen molar-refractivity contribution in [2.45, 2.75) is 12.0 Å². The van der Waals surface area contributed by atoms with Crippen molar-refractivity contribution in [3.8, 4) is 6.07 Å². The molecule has 0 bridgehead atoms. The number of aromatic nitrogens is 1. The van der Waals surface area contributed by atoms with Gasteiger partial charge in [-0.1, -0.05) is 0 Å². The van der Waals surface area contributed by atoms with Crippen molar-refractivity contribution >= 4 is 11.7 Å². The summed E-state index contributed by atoms with van der Waals surface area (Å²) in [4.78, 5) is 15.2. The average Bonchev–Trinajstić information content (AvgIpc) is 2.80. The summed E-state index contributed by atoms with van der Waals surface area (Å²) < 4.78 is 5.12. The zero-order chi connectivity index (χ0) is 12.3. The highest BCUT2D eigenvalue weighted by molar-refractivity contribution is 5.84. The van der Waals surface area contributed by atoms with Gasteiger partial charge in [0, 0.05) is 19.2 Å². The summed E-state index contributed by atoms with van der Waals surface area (Å²) in [6.07, 6.45) is 3.30. The molecule has 2 rings (SSSR count). The Balaban J connectivity index is 2.30. The van der Waals surface area contributed by atoms with E-state index in [0.29, 0.717) is 24.3 Å². The zero-order valence-corrected chi connectivity index (χ0v) is 9.01. The van der Waals surface area contributed by atoms with Gasteiger partial charge in [-0.05, 0) is 6.07 Å². The summed E-state index contributed by atoms with van der Waals surface area (Å²) >= 11 is 0. The first kappa shape index (κ1) is 11.4. The molecular formula is C11H11N3O3. The molecule has 1 aromatic rings. The Morgan fingerprint density at radius 2 is 2.53 bits per heavy atom. The molecule has 1 atom stereocenters. The van der Waals surface area contributed by atoms with E-state index >= 15 is 0 Å². The quantitative estimate of drug-likeness (QED) is 0.794. The first-order valence-electron chi connectivity index (χ1n) is 5.11. The van der Waals surface area contributed by atoms with E-state index in [1.807, 2.05) is 6.07 Å². The predicted molar refractivity (Wildman–Crippen MR) is 58.4 cm³/mol. The molecule has 1 unspecified atom stereocenters. The third-order valence-electron chi connectivity index (χ3n) is 2.75. The third kappa shape index (κ3) is 2.05. The van der Waals surface area contributed by atoms with Crippen LogP contribution in [0.4, 0.5) is 5.69 Å². The predicted octanol–water partition coefficient (Wildman–Crippen LogP) is 0.609. The summed E-state index contributed by atoms with van der Waals surface area (Å²) in [6, 6.07) is 3.52. The van der Waals surface area contributed by atoms with Crippen LogP contribution in [0.1, 0.15) is 12.0 Å². The Hall–Kier alpha value is -2.13. The fourth-order valence-corrected chi connectivity index (χ4v) is 1.74. The molecule has 1 aromatic heterocycles. The fraction of sp³-hybridized carbons (Fsp3) is 0.364. The van der Waals surface area contributed by atoms with Crippen molar-refractivity contribution in [3.05, 3.63) is 24.0 Å². The van der Waals surface area contributed by atoms with Crippen LogP contribution in [-0.2, 0) is 9.53 Å². The fourth-order valence-electron chi connectivity index (χ4n) is 1.74. The number of hydrogen-bond donors (Lipinski definition) is 2. The minimum atomic E-state index is -1.16. The van der Waals surface area contributed by atoms with Crippen molar-refractivity contribution in [1.29, 1.82) is 5.26 Å². The van der Waals surface area contributed by atoms with Crippen LogP contribution >= 0.6 is 0 Å². The lowest BCUT2D eigenvalue weighted by Gasteiger charge is -2.25. The summed E-state index contributed by atoms with van der Waals surface area (Å²) in [5.74, 6) is -0.984. The molecule has 0 amide bonds. The SMILES string of the molecule is N#Cc1ccncc1NC1(C(=O)O)CCOC1. The largest absolute Gasteiger partial charge is 0.479 e. The van der Waals surface area contributed by atoms with Gasteiger partial charge in [-0.25, -0.2) is 4.79 Å². The molecule has 1 fully saturated rings. The molecule has 2 N–H and O–H groups in total. The first-order chi connectivity index (χ1) is 8.18. The van der Waals surface area contributed by atoms with Crippen LogP contribution < -0.4 is 5.32 Å². The molecule has 1 saturated heterocycles. The van der Waals surface area contributed by atoms with Crippen LogP contribution in [0.3, 0.4) is 0 Å². The number of nitrogens with one attached hydrogen (secondary N) is 1. The van der Waals surface area contributed by atoms with Gasteiger partial charge >= 0.3 is 5.97 Å². The Morgan fingerprint density at radius 3 is 3.12 bits per heavy atom. The third-order valence-corrected chi connectivity index (χ3v) is 2.75. The van der Waals surface area contributed by atoms with Gasteiger partial charge in [0.15, 0.2) is 5.54 Å². The van der Waals surface area contributed by atoms with Crippen LogP contribution in [0.25, 0.3) is 0 Å². The highest BCUT2D eigenvalue weighted by Crippen LogP contribution is 2.26. The number of pyridine rings is 1. The Morgan fingerprint density at radius 1 is 1.71 bits per heavy atom.